The van der Waals surface area contributed by atoms with Gasteiger partial charge in [0.2, 0.25) is 11.8 Å². The molecular formula is C50H52ClF2N9O5S2. The number of fused-ring (bicyclic) bond motifs is 4. The standard InChI is InChI=1S/C50H52ClF2N9O5S2/c51-37-19-34-43-45(42(37)31-7-8-38(53)44-41(31)35(20-54)46(55)69-44)68-25-30(62(43)50(66)58-47(34)60-21-28-5-6-29(22-60)56-28)24-67-16-4-2-1-3-13-59-14-11-26(12-15-59)32-17-27(52)18-33-36(32)23-61(49(33)65)39-9-10-40(63)57-48(39)64/h7-8,17-19,26,28-30,39,56H,1-6,9-16,21-25,55H2,(H,57,63,64). The van der Waals surface area contributed by atoms with E-state index in [1.165, 1.54) is 17.0 Å². The van der Waals surface area contributed by atoms with Crippen molar-refractivity contribution >= 4 is 84.2 Å². The Bertz CT molecular complexity index is 3030. The molecule has 2 bridgehead atoms. The number of halogens is 3. The number of piperidine rings is 2. The minimum Gasteiger partial charge on any atom is -0.389 e. The molecular weight excluding hydrogens is 944 g/mol. The average Bonchev–Trinajstić information content (AvgIpc) is 3.98. The molecule has 360 valence electrons. The highest BCUT2D eigenvalue weighted by atomic mass is 35.5. The van der Waals surface area contributed by atoms with Crippen LogP contribution in [0.25, 0.3) is 32.1 Å². The molecule has 8 heterocycles. The van der Waals surface area contributed by atoms with Gasteiger partial charge in [-0.3, -0.25) is 24.3 Å². The molecule has 69 heavy (non-hydrogen) atoms. The minimum absolute atomic E-state index is 0.112. The number of carbonyl (C=O) groups excluding carboxylic acids is 3. The maximum atomic E-state index is 15.2. The molecule has 3 aromatic carbocycles. The molecule has 14 nitrogen and oxygen atoms in total. The monoisotopic (exact) mass is 995 g/mol. The Morgan fingerprint density at radius 2 is 1.75 bits per heavy atom. The van der Waals surface area contributed by atoms with Gasteiger partial charge in [0.25, 0.3) is 5.91 Å². The first-order chi connectivity index (χ1) is 33.4. The molecule has 6 aliphatic heterocycles. The predicted octanol–water partition coefficient (Wildman–Crippen LogP) is 7.47. The van der Waals surface area contributed by atoms with E-state index in [4.69, 9.17) is 27.1 Å². The van der Waals surface area contributed by atoms with Crippen LogP contribution in [-0.2, 0) is 20.9 Å². The van der Waals surface area contributed by atoms with Crippen molar-refractivity contribution < 1.29 is 27.9 Å². The number of hydrogen-bond donors (Lipinski definition) is 3. The molecule has 19 heteroatoms. The summed E-state index contributed by atoms with van der Waals surface area (Å²) in [5.74, 6) is -0.842. The number of aromatic nitrogens is 2. The molecule has 11 rings (SSSR count). The lowest BCUT2D eigenvalue weighted by Gasteiger charge is -2.36. The first-order valence-corrected chi connectivity index (χ1v) is 26.2. The van der Waals surface area contributed by atoms with Crippen LogP contribution in [0.3, 0.4) is 0 Å². The highest BCUT2D eigenvalue weighted by Crippen LogP contribution is 2.51. The van der Waals surface area contributed by atoms with Crippen molar-refractivity contribution in [3.05, 3.63) is 79.7 Å². The molecule has 4 saturated heterocycles. The van der Waals surface area contributed by atoms with Gasteiger partial charge in [-0.15, -0.1) is 23.1 Å². The Labute approximate surface area is 410 Å². The van der Waals surface area contributed by atoms with Crippen molar-refractivity contribution in [3.8, 4) is 17.2 Å². The van der Waals surface area contributed by atoms with Gasteiger partial charge in [0.15, 0.2) is 0 Å². The molecule has 4 atom stereocenters. The van der Waals surface area contributed by atoms with Crippen LogP contribution in [0, 0.1) is 23.0 Å². The molecule has 2 aromatic heterocycles. The highest BCUT2D eigenvalue weighted by molar-refractivity contribution is 7.99. The number of amides is 3. The van der Waals surface area contributed by atoms with Crippen LogP contribution < -0.4 is 27.0 Å². The molecule has 4 unspecified atom stereocenters. The summed E-state index contributed by atoms with van der Waals surface area (Å²) < 4.78 is 38.5. The van der Waals surface area contributed by atoms with Gasteiger partial charge in [0.05, 0.1) is 33.5 Å². The van der Waals surface area contributed by atoms with Crippen LogP contribution in [0.1, 0.15) is 103 Å². The first kappa shape index (κ1) is 46.2. The second-order valence-corrected chi connectivity index (χ2v) is 21.8. The van der Waals surface area contributed by atoms with E-state index in [1.54, 1.807) is 28.5 Å². The van der Waals surface area contributed by atoms with E-state index >= 15 is 4.39 Å². The van der Waals surface area contributed by atoms with Gasteiger partial charge in [-0.25, -0.2) is 13.6 Å². The summed E-state index contributed by atoms with van der Waals surface area (Å²) in [6, 6.07) is 9.52. The van der Waals surface area contributed by atoms with Gasteiger partial charge < -0.3 is 30.5 Å². The van der Waals surface area contributed by atoms with Gasteiger partial charge in [-0.2, -0.15) is 10.2 Å². The number of anilines is 2. The number of thiophene rings is 1. The normalized spacial score (nSPS) is 22.8. The van der Waals surface area contributed by atoms with Gasteiger partial charge in [0.1, 0.15) is 34.6 Å². The van der Waals surface area contributed by atoms with Crippen LogP contribution in [0.2, 0.25) is 5.02 Å². The van der Waals surface area contributed by atoms with Gasteiger partial charge >= 0.3 is 5.69 Å². The number of thioether (sulfide) groups is 1. The number of piperazine rings is 1. The molecule has 4 fully saturated rings. The Balaban J connectivity index is 0.722. The summed E-state index contributed by atoms with van der Waals surface area (Å²) in [6.07, 6.45) is 8.19. The quantitative estimate of drug-likeness (QED) is 0.0785. The zero-order valence-electron chi connectivity index (χ0n) is 38.0. The second-order valence-electron chi connectivity index (χ2n) is 19.3. The van der Waals surface area contributed by atoms with Crippen molar-refractivity contribution in [1.29, 1.82) is 5.26 Å². The third-order valence-corrected chi connectivity index (χ3v) is 17.7. The number of benzene rings is 3. The Morgan fingerprint density at radius 3 is 2.52 bits per heavy atom. The zero-order valence-corrected chi connectivity index (χ0v) is 40.3. The van der Waals surface area contributed by atoms with Crippen LogP contribution in [0.15, 0.2) is 40.0 Å². The highest BCUT2D eigenvalue weighted by Gasteiger charge is 2.42. The fraction of sp³-hybridized carbons (Fsp3) is 0.480. The maximum Gasteiger partial charge on any atom is 0.350 e. The number of imide groups is 1. The zero-order chi connectivity index (χ0) is 47.7. The molecule has 4 N–H and O–H groups in total. The number of ether oxygens (including phenoxy) is 1. The van der Waals surface area contributed by atoms with Crippen molar-refractivity contribution in [2.45, 2.75) is 106 Å². The van der Waals surface area contributed by atoms with E-state index < -0.39 is 23.6 Å². The molecule has 0 spiro atoms. The lowest BCUT2D eigenvalue weighted by Crippen LogP contribution is -2.52. The summed E-state index contributed by atoms with van der Waals surface area (Å²) in [5, 5.41) is 18.0. The van der Waals surface area contributed by atoms with Crippen molar-refractivity contribution in [1.82, 2.24) is 30.0 Å². The number of likely N-dealkylation sites (tertiary alicyclic amines) is 1. The number of unbranched alkanes of at least 4 members (excludes halogenated alkanes) is 3. The molecule has 0 saturated carbocycles. The van der Waals surface area contributed by atoms with E-state index in [0.717, 1.165) is 122 Å². The molecule has 0 radical (unpaired) electrons. The lowest BCUT2D eigenvalue weighted by molar-refractivity contribution is -0.136. The van der Waals surface area contributed by atoms with Crippen LogP contribution in [-0.4, -0.2) is 107 Å². The maximum absolute atomic E-state index is 15.2. The van der Waals surface area contributed by atoms with E-state index in [0.29, 0.717) is 64.0 Å². The summed E-state index contributed by atoms with van der Waals surface area (Å²) >= 11 is 9.88. The summed E-state index contributed by atoms with van der Waals surface area (Å²) in [5.41, 5.74) is 10.0. The third kappa shape index (κ3) is 8.46. The fourth-order valence-electron chi connectivity index (χ4n) is 11.8. The Kier molecular flexibility index (Phi) is 12.6. The van der Waals surface area contributed by atoms with Gasteiger partial charge in [-0.1, -0.05) is 30.5 Å². The third-order valence-electron chi connectivity index (χ3n) is 15.1. The minimum atomic E-state index is -0.738. The second kappa shape index (κ2) is 18.9. The number of carbonyl (C=O) groups is 3. The van der Waals surface area contributed by atoms with E-state index in [-0.39, 0.29) is 64.1 Å². The number of rotatable bonds is 13. The number of nitrogens with zero attached hydrogens (tertiary/aromatic N) is 6. The van der Waals surface area contributed by atoms with Crippen molar-refractivity contribution in [3.63, 3.8) is 0 Å². The Hall–Kier alpha value is -5.16. The number of nitrogens with one attached hydrogen (secondary N) is 2. The average molecular weight is 997 g/mol. The van der Waals surface area contributed by atoms with Crippen LogP contribution >= 0.6 is 34.7 Å². The fourth-order valence-corrected chi connectivity index (χ4v) is 14.4. The van der Waals surface area contributed by atoms with E-state index in [9.17, 15) is 28.8 Å². The topological polar surface area (TPSA) is 179 Å². The largest absolute Gasteiger partial charge is 0.389 e. The SMILES string of the molecule is N#Cc1c(N)sc2c(F)ccc(-c3c(Cl)cc4c(N5CC6CCC(C5)N6)nc(=O)n5c4c3SCC5COCCCCCCN3CCC(c4cc(F)cc5c4CN(C4CCC(=O)NC4=O)C5=O)CC3)c12. The van der Waals surface area contributed by atoms with E-state index in [2.05, 4.69) is 26.5 Å². The summed E-state index contributed by atoms with van der Waals surface area (Å²) in [6.45, 7) is 5.27. The molecule has 0 aliphatic carbocycles. The smallest absolute Gasteiger partial charge is 0.350 e. The predicted molar refractivity (Wildman–Crippen MR) is 263 cm³/mol. The number of nitrogen functional groups attached to an aromatic ring is 1. The van der Waals surface area contributed by atoms with Crippen LogP contribution in [0.4, 0.5) is 19.6 Å². The van der Waals surface area contributed by atoms with E-state index in [1.807, 2.05) is 6.07 Å². The van der Waals surface area contributed by atoms with Crippen LogP contribution in [0.5, 0.6) is 0 Å². The van der Waals surface area contributed by atoms with Crippen molar-refractivity contribution in [2.24, 2.45) is 0 Å². The first-order valence-electron chi connectivity index (χ1n) is 24.1. The number of hydrogen-bond acceptors (Lipinski definition) is 13. The lowest BCUT2D eigenvalue weighted by atomic mass is 9.85. The van der Waals surface area contributed by atoms with Gasteiger partial charge in [0, 0.05) is 77.3 Å². The summed E-state index contributed by atoms with van der Waals surface area (Å²) in [7, 11) is 0. The molecule has 5 aromatic rings. The summed E-state index contributed by atoms with van der Waals surface area (Å²) in [4.78, 5) is 63.7. The molecule has 3 amide bonds. The number of nitriles is 1. The molecule has 6 aliphatic rings. The number of nitrogens with two attached hydrogens (primary N) is 1. The van der Waals surface area contributed by atoms with Gasteiger partial charge in [-0.05, 0) is 111 Å². The Morgan fingerprint density at radius 1 is 0.971 bits per heavy atom. The van der Waals surface area contributed by atoms with Crippen molar-refractivity contribution in [2.75, 3.05) is 62.3 Å².